The van der Waals surface area contributed by atoms with Gasteiger partial charge in [-0.25, -0.2) is 0 Å². The van der Waals surface area contributed by atoms with Crippen molar-refractivity contribution in [2.45, 2.75) is 18.8 Å². The lowest BCUT2D eigenvalue weighted by Gasteiger charge is -2.23. The van der Waals surface area contributed by atoms with Gasteiger partial charge < -0.3 is 0 Å². The summed E-state index contributed by atoms with van der Waals surface area (Å²) < 4.78 is 1.44. The number of ketones is 1. The molecule has 1 aliphatic carbocycles. The molecule has 1 aliphatic rings. The molecule has 0 saturated heterocycles. The standard InChI is InChI=1S/C8H6Cl2OS/c9-7-3-6(8(10)12-7)4-1-5(11)2-4/h3-4H,1-2H2. The van der Waals surface area contributed by atoms with Crippen LogP contribution < -0.4 is 0 Å². The van der Waals surface area contributed by atoms with Crippen LogP contribution in [-0.4, -0.2) is 5.78 Å². The van der Waals surface area contributed by atoms with E-state index in [1.54, 1.807) is 0 Å². The number of carbonyl (C=O) groups excluding carboxylic acids is 1. The van der Waals surface area contributed by atoms with Gasteiger partial charge in [0.2, 0.25) is 0 Å². The molecule has 0 N–H and O–H groups in total. The van der Waals surface area contributed by atoms with Gasteiger partial charge in [0, 0.05) is 12.8 Å². The zero-order valence-corrected chi connectivity index (χ0v) is 8.47. The fraction of sp³-hybridized carbons (Fsp3) is 0.375. The first kappa shape index (κ1) is 8.54. The Balaban J connectivity index is 2.23. The van der Waals surface area contributed by atoms with E-state index in [9.17, 15) is 4.79 Å². The Morgan fingerprint density at radius 2 is 2.08 bits per heavy atom. The highest BCUT2D eigenvalue weighted by molar-refractivity contribution is 7.20. The molecular formula is C8H6Cl2OS. The monoisotopic (exact) mass is 220 g/mol. The Morgan fingerprint density at radius 1 is 1.42 bits per heavy atom. The van der Waals surface area contributed by atoms with Crippen molar-refractivity contribution in [3.63, 3.8) is 0 Å². The highest BCUT2D eigenvalue weighted by Gasteiger charge is 2.30. The molecule has 2 rings (SSSR count). The van der Waals surface area contributed by atoms with Crippen LogP contribution >= 0.6 is 34.5 Å². The van der Waals surface area contributed by atoms with E-state index in [1.807, 2.05) is 6.07 Å². The van der Waals surface area contributed by atoms with E-state index in [-0.39, 0.29) is 0 Å². The third kappa shape index (κ3) is 1.39. The fourth-order valence-corrected chi connectivity index (χ4v) is 2.97. The molecule has 64 valence electrons. The first-order chi connectivity index (χ1) is 5.66. The number of rotatable bonds is 1. The molecule has 1 heterocycles. The second-order valence-corrected chi connectivity index (χ2v) is 5.21. The van der Waals surface area contributed by atoms with Gasteiger partial charge in [-0.3, -0.25) is 4.79 Å². The Kier molecular flexibility index (Phi) is 2.15. The maximum Gasteiger partial charge on any atom is 0.134 e. The second-order valence-electron chi connectivity index (χ2n) is 2.92. The maximum absolute atomic E-state index is 10.7. The van der Waals surface area contributed by atoms with Crippen LogP contribution in [-0.2, 0) is 4.79 Å². The molecule has 1 nitrogen and oxygen atoms in total. The first-order valence-electron chi connectivity index (χ1n) is 3.63. The summed E-state index contributed by atoms with van der Waals surface area (Å²) in [7, 11) is 0. The van der Waals surface area contributed by atoms with Gasteiger partial charge >= 0.3 is 0 Å². The van der Waals surface area contributed by atoms with Crippen molar-refractivity contribution < 1.29 is 4.79 Å². The van der Waals surface area contributed by atoms with Crippen LogP contribution in [0, 0.1) is 0 Å². The predicted molar refractivity (Wildman–Crippen MR) is 51.3 cm³/mol. The van der Waals surface area contributed by atoms with Crippen molar-refractivity contribution in [1.29, 1.82) is 0 Å². The topological polar surface area (TPSA) is 17.1 Å². The highest BCUT2D eigenvalue weighted by atomic mass is 35.5. The van der Waals surface area contributed by atoms with E-state index in [1.165, 1.54) is 11.3 Å². The maximum atomic E-state index is 10.7. The minimum Gasteiger partial charge on any atom is -0.300 e. The van der Waals surface area contributed by atoms with Crippen LogP contribution in [0.1, 0.15) is 24.3 Å². The minimum atomic E-state index is 0.318. The first-order valence-corrected chi connectivity index (χ1v) is 5.20. The lowest BCUT2D eigenvalue weighted by atomic mass is 9.80. The molecule has 0 bridgehead atoms. The van der Waals surface area contributed by atoms with E-state index in [2.05, 4.69) is 0 Å². The number of hydrogen-bond acceptors (Lipinski definition) is 2. The number of Topliss-reactive ketones (excluding diaryl/α,β-unsaturated/α-hetero) is 1. The molecule has 0 aliphatic heterocycles. The molecule has 1 aromatic rings. The van der Waals surface area contributed by atoms with Gasteiger partial charge in [0.15, 0.2) is 0 Å². The smallest absolute Gasteiger partial charge is 0.134 e. The summed E-state index contributed by atoms with van der Waals surface area (Å²) in [4.78, 5) is 10.7. The van der Waals surface area contributed by atoms with Crippen molar-refractivity contribution >= 4 is 40.3 Å². The zero-order chi connectivity index (χ0) is 8.72. The molecule has 1 saturated carbocycles. The Hall–Kier alpha value is -0.0500. The zero-order valence-electron chi connectivity index (χ0n) is 6.14. The van der Waals surface area contributed by atoms with Crippen LogP contribution in [0.4, 0.5) is 0 Å². The van der Waals surface area contributed by atoms with Gasteiger partial charge in [0.25, 0.3) is 0 Å². The average Bonchev–Trinajstić information content (AvgIpc) is 2.23. The van der Waals surface area contributed by atoms with Gasteiger partial charge in [0.05, 0.1) is 8.67 Å². The van der Waals surface area contributed by atoms with Crippen molar-refractivity contribution in [3.8, 4) is 0 Å². The molecule has 1 fully saturated rings. The van der Waals surface area contributed by atoms with Crippen molar-refractivity contribution in [2.24, 2.45) is 0 Å². The van der Waals surface area contributed by atoms with Crippen LogP contribution in [0.5, 0.6) is 0 Å². The normalized spacial score (nSPS) is 18.0. The molecule has 0 unspecified atom stereocenters. The van der Waals surface area contributed by atoms with E-state index in [4.69, 9.17) is 23.2 Å². The van der Waals surface area contributed by atoms with Gasteiger partial charge in [-0.2, -0.15) is 0 Å². The van der Waals surface area contributed by atoms with E-state index in [0.717, 1.165) is 9.90 Å². The van der Waals surface area contributed by atoms with Gasteiger partial charge in [-0.1, -0.05) is 23.2 Å². The summed E-state index contributed by atoms with van der Waals surface area (Å²) in [5.74, 6) is 0.645. The van der Waals surface area contributed by atoms with Crippen LogP contribution in [0.25, 0.3) is 0 Å². The summed E-state index contributed by atoms with van der Waals surface area (Å²) in [6.07, 6.45) is 1.26. The number of thiophene rings is 1. The lowest BCUT2D eigenvalue weighted by Crippen LogP contribution is -2.20. The van der Waals surface area contributed by atoms with E-state index in [0.29, 0.717) is 28.9 Å². The number of carbonyl (C=O) groups is 1. The quantitative estimate of drug-likeness (QED) is 0.709. The summed E-state index contributed by atoms with van der Waals surface area (Å²) in [5, 5.41) is 0. The molecule has 0 aromatic carbocycles. The molecule has 0 amide bonds. The van der Waals surface area contributed by atoms with E-state index >= 15 is 0 Å². The molecule has 4 heteroatoms. The summed E-state index contributed by atoms with van der Waals surface area (Å²) in [6, 6.07) is 1.87. The minimum absolute atomic E-state index is 0.318. The van der Waals surface area contributed by atoms with Crippen molar-refractivity contribution in [3.05, 3.63) is 20.3 Å². The Bertz CT molecular complexity index is 324. The van der Waals surface area contributed by atoms with Gasteiger partial charge in [-0.15, -0.1) is 11.3 Å². The van der Waals surface area contributed by atoms with Crippen molar-refractivity contribution in [1.82, 2.24) is 0 Å². The highest BCUT2D eigenvalue weighted by Crippen LogP contribution is 2.42. The summed E-state index contributed by atoms with van der Waals surface area (Å²) in [5.41, 5.74) is 1.05. The molecule has 0 radical (unpaired) electrons. The van der Waals surface area contributed by atoms with Gasteiger partial charge in [0.1, 0.15) is 5.78 Å². The number of hydrogen-bond donors (Lipinski definition) is 0. The second kappa shape index (κ2) is 3.02. The average molecular weight is 221 g/mol. The lowest BCUT2D eigenvalue weighted by molar-refractivity contribution is -0.124. The molecule has 0 atom stereocenters. The Labute approximate surface area is 84.3 Å². The van der Waals surface area contributed by atoms with Crippen LogP contribution in [0.2, 0.25) is 8.67 Å². The van der Waals surface area contributed by atoms with Crippen molar-refractivity contribution in [2.75, 3.05) is 0 Å². The summed E-state index contributed by atoms with van der Waals surface area (Å²) >= 11 is 13.1. The third-order valence-electron chi connectivity index (χ3n) is 2.07. The summed E-state index contributed by atoms with van der Waals surface area (Å²) in [6.45, 7) is 0. The van der Waals surface area contributed by atoms with Crippen LogP contribution in [0.3, 0.4) is 0 Å². The largest absolute Gasteiger partial charge is 0.300 e. The molecule has 1 aromatic heterocycles. The third-order valence-corrected chi connectivity index (χ3v) is 3.59. The van der Waals surface area contributed by atoms with E-state index < -0.39 is 0 Å². The SMILES string of the molecule is O=C1CC(c2cc(Cl)sc2Cl)C1. The molecular weight excluding hydrogens is 215 g/mol. The predicted octanol–water partition coefficient (Wildman–Crippen LogP) is 3.50. The number of halogens is 2. The van der Waals surface area contributed by atoms with Gasteiger partial charge in [-0.05, 0) is 17.5 Å². The Morgan fingerprint density at radius 3 is 2.50 bits per heavy atom. The molecule has 0 spiro atoms. The molecule has 12 heavy (non-hydrogen) atoms. The fourth-order valence-electron chi connectivity index (χ4n) is 1.34. The van der Waals surface area contributed by atoms with Crippen LogP contribution in [0.15, 0.2) is 6.07 Å².